The summed E-state index contributed by atoms with van der Waals surface area (Å²) >= 11 is 0. The summed E-state index contributed by atoms with van der Waals surface area (Å²) in [6, 6.07) is 10.1. The molecule has 4 heteroatoms. The van der Waals surface area contributed by atoms with Gasteiger partial charge >= 0.3 is 0 Å². The maximum Gasteiger partial charge on any atom is 0.0865 e. The molecule has 1 aromatic carbocycles. The molecule has 0 saturated carbocycles. The molecule has 0 saturated heterocycles. The second-order valence-electron chi connectivity index (χ2n) is 4.68. The molecule has 0 spiro atoms. The molecule has 1 heterocycles. The van der Waals surface area contributed by atoms with Gasteiger partial charge in [-0.05, 0) is 31.0 Å². The number of nitrogens with zero attached hydrogens (tertiary/aromatic N) is 1. The normalized spacial score (nSPS) is 12.8. The Kier molecular flexibility index (Phi) is 4.85. The lowest BCUT2D eigenvalue weighted by Crippen LogP contribution is -2.32. The Morgan fingerprint density at radius 1 is 1.37 bits per heavy atom. The standard InChI is InChI=1S/C15H21N3O/c1-3-8-19-10-15(18-16)14-9-11(2)12-6-4-5-7-13(12)17-14/h4-7,9,15,18H,3,8,10,16H2,1-2H3. The SMILES string of the molecule is CCCOCC(NN)c1cc(C)c2ccccc2n1. The molecule has 4 nitrogen and oxygen atoms in total. The van der Waals surface area contributed by atoms with E-state index in [9.17, 15) is 0 Å². The van der Waals surface area contributed by atoms with Crippen LogP contribution in [0.3, 0.4) is 0 Å². The van der Waals surface area contributed by atoms with Crippen molar-refractivity contribution < 1.29 is 4.74 Å². The van der Waals surface area contributed by atoms with E-state index in [1.807, 2.05) is 18.2 Å². The predicted octanol–water partition coefficient (Wildman–Crippen LogP) is 2.47. The zero-order valence-corrected chi connectivity index (χ0v) is 11.5. The van der Waals surface area contributed by atoms with E-state index in [1.54, 1.807) is 0 Å². The highest BCUT2D eigenvalue weighted by molar-refractivity contribution is 5.82. The fourth-order valence-electron chi connectivity index (χ4n) is 2.12. The minimum Gasteiger partial charge on any atom is -0.379 e. The maximum absolute atomic E-state index is 5.61. The first-order chi connectivity index (χ1) is 9.26. The number of aryl methyl sites for hydroxylation is 1. The number of nitrogens with one attached hydrogen (secondary N) is 1. The summed E-state index contributed by atoms with van der Waals surface area (Å²) in [5.74, 6) is 5.61. The Bertz CT molecular complexity index is 542. The van der Waals surface area contributed by atoms with Crippen LogP contribution in [-0.2, 0) is 4.74 Å². The molecule has 3 N–H and O–H groups in total. The first-order valence-electron chi connectivity index (χ1n) is 6.66. The van der Waals surface area contributed by atoms with Gasteiger partial charge in [-0.15, -0.1) is 0 Å². The Morgan fingerprint density at radius 2 is 2.16 bits per heavy atom. The van der Waals surface area contributed by atoms with Gasteiger partial charge in [-0.3, -0.25) is 10.8 Å². The molecule has 2 rings (SSSR count). The number of hydrogen-bond acceptors (Lipinski definition) is 4. The third-order valence-electron chi connectivity index (χ3n) is 3.13. The van der Waals surface area contributed by atoms with Crippen LogP contribution in [0.25, 0.3) is 10.9 Å². The number of para-hydroxylation sites is 1. The number of benzene rings is 1. The van der Waals surface area contributed by atoms with E-state index in [4.69, 9.17) is 10.6 Å². The van der Waals surface area contributed by atoms with Crippen LogP contribution in [0.4, 0.5) is 0 Å². The van der Waals surface area contributed by atoms with Crippen LogP contribution >= 0.6 is 0 Å². The van der Waals surface area contributed by atoms with Crippen LogP contribution in [0.5, 0.6) is 0 Å². The number of fused-ring (bicyclic) bond motifs is 1. The Morgan fingerprint density at radius 3 is 2.89 bits per heavy atom. The van der Waals surface area contributed by atoms with E-state index in [0.29, 0.717) is 6.61 Å². The van der Waals surface area contributed by atoms with Crippen molar-refractivity contribution in [3.63, 3.8) is 0 Å². The van der Waals surface area contributed by atoms with Gasteiger partial charge < -0.3 is 4.74 Å². The lowest BCUT2D eigenvalue weighted by atomic mass is 10.1. The highest BCUT2D eigenvalue weighted by Crippen LogP contribution is 2.20. The Labute approximate surface area is 113 Å². The number of aromatic nitrogens is 1. The average Bonchev–Trinajstić information content (AvgIpc) is 2.44. The van der Waals surface area contributed by atoms with E-state index in [-0.39, 0.29) is 6.04 Å². The monoisotopic (exact) mass is 259 g/mol. The first-order valence-corrected chi connectivity index (χ1v) is 6.66. The van der Waals surface area contributed by atoms with Gasteiger partial charge in [0, 0.05) is 12.0 Å². The van der Waals surface area contributed by atoms with Crippen molar-refractivity contribution in [1.29, 1.82) is 0 Å². The van der Waals surface area contributed by atoms with E-state index in [2.05, 4.69) is 36.4 Å². The van der Waals surface area contributed by atoms with Gasteiger partial charge in [0.05, 0.1) is 23.9 Å². The van der Waals surface area contributed by atoms with Crippen molar-refractivity contribution in [3.05, 3.63) is 41.6 Å². The zero-order chi connectivity index (χ0) is 13.7. The molecule has 0 bridgehead atoms. The van der Waals surface area contributed by atoms with Gasteiger partial charge in [-0.1, -0.05) is 25.1 Å². The van der Waals surface area contributed by atoms with Crippen molar-refractivity contribution in [1.82, 2.24) is 10.4 Å². The summed E-state index contributed by atoms with van der Waals surface area (Å²) in [5.41, 5.74) is 5.91. The Hall–Kier alpha value is -1.49. The molecular formula is C15H21N3O. The van der Waals surface area contributed by atoms with Crippen molar-refractivity contribution in [2.45, 2.75) is 26.3 Å². The van der Waals surface area contributed by atoms with E-state index in [0.717, 1.165) is 24.2 Å². The third kappa shape index (κ3) is 3.29. The number of pyridine rings is 1. The molecule has 0 radical (unpaired) electrons. The van der Waals surface area contributed by atoms with Crippen molar-refractivity contribution in [2.24, 2.45) is 5.84 Å². The first kappa shape index (κ1) is 13.9. The van der Waals surface area contributed by atoms with Crippen molar-refractivity contribution in [2.75, 3.05) is 13.2 Å². The fourth-order valence-corrected chi connectivity index (χ4v) is 2.12. The minimum absolute atomic E-state index is 0.0742. The third-order valence-corrected chi connectivity index (χ3v) is 3.13. The fraction of sp³-hybridized carbons (Fsp3) is 0.400. The number of hydrazine groups is 1. The second-order valence-corrected chi connectivity index (χ2v) is 4.68. The summed E-state index contributed by atoms with van der Waals surface area (Å²) in [6.07, 6.45) is 1.00. The lowest BCUT2D eigenvalue weighted by molar-refractivity contribution is 0.111. The highest BCUT2D eigenvalue weighted by Gasteiger charge is 2.13. The molecule has 0 fully saturated rings. The number of rotatable bonds is 6. The summed E-state index contributed by atoms with van der Waals surface area (Å²) in [4.78, 5) is 4.66. The maximum atomic E-state index is 5.61. The van der Waals surface area contributed by atoms with Crippen LogP contribution in [0.15, 0.2) is 30.3 Å². The Balaban J connectivity index is 2.27. The van der Waals surface area contributed by atoms with Crippen LogP contribution in [0, 0.1) is 6.92 Å². The molecule has 0 aliphatic carbocycles. The average molecular weight is 259 g/mol. The largest absolute Gasteiger partial charge is 0.379 e. The van der Waals surface area contributed by atoms with Crippen molar-refractivity contribution in [3.8, 4) is 0 Å². The predicted molar refractivity (Wildman–Crippen MR) is 77.7 cm³/mol. The molecular weight excluding hydrogens is 238 g/mol. The highest BCUT2D eigenvalue weighted by atomic mass is 16.5. The van der Waals surface area contributed by atoms with E-state index < -0.39 is 0 Å². The van der Waals surface area contributed by atoms with E-state index in [1.165, 1.54) is 10.9 Å². The summed E-state index contributed by atoms with van der Waals surface area (Å²) < 4.78 is 5.56. The van der Waals surface area contributed by atoms with Gasteiger partial charge in [0.2, 0.25) is 0 Å². The van der Waals surface area contributed by atoms with E-state index >= 15 is 0 Å². The smallest absolute Gasteiger partial charge is 0.0865 e. The van der Waals surface area contributed by atoms with Crippen LogP contribution in [0.1, 0.15) is 30.6 Å². The second kappa shape index (κ2) is 6.61. The van der Waals surface area contributed by atoms with Gasteiger partial charge in [-0.25, -0.2) is 5.43 Å². The summed E-state index contributed by atoms with van der Waals surface area (Å²) in [5, 5.41) is 1.18. The summed E-state index contributed by atoms with van der Waals surface area (Å²) in [6.45, 7) is 5.46. The molecule has 2 aromatic rings. The molecule has 1 aromatic heterocycles. The number of nitrogens with two attached hydrogens (primary N) is 1. The van der Waals surface area contributed by atoms with Crippen LogP contribution in [-0.4, -0.2) is 18.2 Å². The van der Waals surface area contributed by atoms with Gasteiger partial charge in [0.1, 0.15) is 0 Å². The molecule has 0 aliphatic rings. The molecule has 1 atom stereocenters. The molecule has 19 heavy (non-hydrogen) atoms. The van der Waals surface area contributed by atoms with Crippen molar-refractivity contribution >= 4 is 10.9 Å². The summed E-state index contributed by atoms with van der Waals surface area (Å²) in [7, 11) is 0. The number of ether oxygens (including phenoxy) is 1. The molecule has 0 amide bonds. The molecule has 0 aliphatic heterocycles. The van der Waals surface area contributed by atoms with Crippen LogP contribution in [0.2, 0.25) is 0 Å². The zero-order valence-electron chi connectivity index (χ0n) is 11.5. The minimum atomic E-state index is -0.0742. The van der Waals surface area contributed by atoms with Crippen LogP contribution < -0.4 is 11.3 Å². The topological polar surface area (TPSA) is 60.2 Å². The quantitative estimate of drug-likeness (QED) is 0.475. The lowest BCUT2D eigenvalue weighted by Gasteiger charge is -2.17. The van der Waals surface area contributed by atoms with Gasteiger partial charge in [0.15, 0.2) is 0 Å². The molecule has 1 unspecified atom stereocenters. The number of hydrogen-bond donors (Lipinski definition) is 2. The van der Waals surface area contributed by atoms with Gasteiger partial charge in [0.25, 0.3) is 0 Å². The molecule has 102 valence electrons. The van der Waals surface area contributed by atoms with Gasteiger partial charge in [-0.2, -0.15) is 0 Å².